The first-order valence-corrected chi connectivity index (χ1v) is 7.12. The van der Waals surface area contributed by atoms with E-state index in [2.05, 4.69) is 10.1 Å². The summed E-state index contributed by atoms with van der Waals surface area (Å²) in [4.78, 5) is 0. The quantitative estimate of drug-likeness (QED) is 0.613. The Morgan fingerprint density at radius 2 is 1.78 bits per heavy atom. The zero-order chi connectivity index (χ0) is 14.0. The molecule has 0 aliphatic heterocycles. The third kappa shape index (κ3) is 5.11. The Kier molecular flexibility index (Phi) is 3.93. The highest BCUT2D eigenvalue weighted by atomic mass is 32.3. The van der Waals surface area contributed by atoms with Crippen LogP contribution in [0.3, 0.4) is 0 Å². The lowest BCUT2D eigenvalue weighted by Crippen LogP contribution is -2.03. The lowest BCUT2D eigenvalue weighted by Gasteiger charge is -2.04. The van der Waals surface area contributed by atoms with E-state index in [1.807, 2.05) is 0 Å². The van der Waals surface area contributed by atoms with Crippen molar-refractivity contribution in [2.45, 2.75) is 5.75 Å². The Bertz CT molecular complexity index is 649. The summed E-state index contributed by atoms with van der Waals surface area (Å²) < 4.78 is 70.1. The van der Waals surface area contributed by atoms with Gasteiger partial charge in [0.25, 0.3) is 0 Å². The zero-order valence-electron chi connectivity index (χ0n) is 8.63. The van der Waals surface area contributed by atoms with Crippen molar-refractivity contribution in [3.63, 3.8) is 0 Å². The third-order valence-corrected chi connectivity index (χ3v) is 2.74. The van der Waals surface area contributed by atoms with Crippen molar-refractivity contribution in [1.29, 1.82) is 0 Å². The molecule has 98 valence electrons. The Morgan fingerprint density at radius 3 is 2.22 bits per heavy atom. The molecular weight excluding hydrogens is 290 g/mol. The van der Waals surface area contributed by atoms with Gasteiger partial charge in [-0.05, 0) is 23.8 Å². The molecule has 0 aliphatic rings. The molecule has 5 nitrogen and oxygen atoms in total. The average Bonchev–Trinajstić information content (AvgIpc) is 2.11. The Hall–Kier alpha value is -1.66. The average molecular weight is 296 g/mol. The Balaban J connectivity index is 3.23. The number of hydrogen-bond donors (Lipinski definition) is 0. The Labute approximate surface area is 103 Å². The van der Waals surface area contributed by atoms with E-state index in [1.165, 1.54) is 0 Å². The molecule has 0 amide bonds. The SMILES string of the molecule is C#Cc1cc(CS(=O)(=O)F)cc(OS(=O)(=O)F)c1. The zero-order valence-corrected chi connectivity index (χ0v) is 10.3. The van der Waals surface area contributed by atoms with Crippen molar-refractivity contribution in [2.75, 3.05) is 0 Å². The highest BCUT2D eigenvalue weighted by molar-refractivity contribution is 7.85. The normalized spacial score (nSPS) is 11.8. The molecule has 0 saturated carbocycles. The summed E-state index contributed by atoms with van der Waals surface area (Å²) in [5.74, 6) is 0.507. The monoisotopic (exact) mass is 296 g/mol. The minimum Gasteiger partial charge on any atom is -0.358 e. The summed E-state index contributed by atoms with van der Waals surface area (Å²) in [6.45, 7) is 0. The molecule has 1 rings (SSSR count). The summed E-state index contributed by atoms with van der Waals surface area (Å²) in [6.07, 6.45) is 5.02. The summed E-state index contributed by atoms with van der Waals surface area (Å²) in [7, 11) is -10.1. The molecule has 1 aromatic carbocycles. The number of halogens is 2. The molecule has 0 radical (unpaired) electrons. The van der Waals surface area contributed by atoms with E-state index in [-0.39, 0.29) is 11.1 Å². The smallest absolute Gasteiger partial charge is 0.358 e. The maximum atomic E-state index is 12.5. The van der Waals surface area contributed by atoms with E-state index in [9.17, 15) is 24.6 Å². The van der Waals surface area contributed by atoms with Crippen molar-refractivity contribution in [3.8, 4) is 18.1 Å². The van der Waals surface area contributed by atoms with Gasteiger partial charge in [-0.3, -0.25) is 0 Å². The summed E-state index contributed by atoms with van der Waals surface area (Å²) in [6, 6.07) is 2.98. The van der Waals surface area contributed by atoms with E-state index in [0.717, 1.165) is 18.2 Å². The van der Waals surface area contributed by atoms with Crippen LogP contribution in [0.1, 0.15) is 11.1 Å². The van der Waals surface area contributed by atoms with Crippen LogP contribution in [0.25, 0.3) is 0 Å². The van der Waals surface area contributed by atoms with Gasteiger partial charge in [-0.2, -0.15) is 16.8 Å². The summed E-state index contributed by atoms with van der Waals surface area (Å²) in [5, 5.41) is 0. The van der Waals surface area contributed by atoms with Crippen LogP contribution in [0.2, 0.25) is 0 Å². The number of terminal acetylenes is 1. The first-order valence-electron chi connectivity index (χ1n) is 4.26. The van der Waals surface area contributed by atoms with E-state index >= 15 is 0 Å². The second-order valence-corrected chi connectivity index (χ2v) is 5.49. The molecule has 18 heavy (non-hydrogen) atoms. The van der Waals surface area contributed by atoms with Gasteiger partial charge in [0.05, 0.1) is 0 Å². The lowest BCUT2D eigenvalue weighted by atomic mass is 10.1. The van der Waals surface area contributed by atoms with Crippen LogP contribution in [-0.2, 0) is 26.5 Å². The molecule has 0 aliphatic carbocycles. The van der Waals surface area contributed by atoms with Gasteiger partial charge in [-0.1, -0.05) is 9.81 Å². The molecule has 0 heterocycles. The molecule has 0 N–H and O–H groups in total. The number of hydrogen-bond acceptors (Lipinski definition) is 5. The fourth-order valence-electron chi connectivity index (χ4n) is 1.19. The van der Waals surface area contributed by atoms with Crippen LogP contribution < -0.4 is 4.18 Å². The molecule has 0 aromatic heterocycles. The van der Waals surface area contributed by atoms with Crippen molar-refractivity contribution in [1.82, 2.24) is 0 Å². The van der Waals surface area contributed by atoms with Gasteiger partial charge in [0.1, 0.15) is 11.5 Å². The fourth-order valence-corrected chi connectivity index (χ4v) is 2.08. The molecule has 9 heteroatoms. The summed E-state index contributed by atoms with van der Waals surface area (Å²) in [5.41, 5.74) is -0.138. The fraction of sp³-hybridized carbons (Fsp3) is 0.111. The van der Waals surface area contributed by atoms with Crippen LogP contribution in [0, 0.1) is 12.3 Å². The van der Waals surface area contributed by atoms with Crippen LogP contribution in [0.5, 0.6) is 5.75 Å². The van der Waals surface area contributed by atoms with Gasteiger partial charge in [0, 0.05) is 5.56 Å². The van der Waals surface area contributed by atoms with Crippen molar-refractivity contribution < 1.29 is 28.8 Å². The van der Waals surface area contributed by atoms with Crippen LogP contribution >= 0.6 is 0 Å². The number of benzene rings is 1. The van der Waals surface area contributed by atoms with Gasteiger partial charge in [0.15, 0.2) is 0 Å². The minimum absolute atomic E-state index is 0.0230. The van der Waals surface area contributed by atoms with Crippen molar-refractivity contribution in [3.05, 3.63) is 29.3 Å². The van der Waals surface area contributed by atoms with Crippen LogP contribution in [0.15, 0.2) is 18.2 Å². The molecule has 0 fully saturated rings. The highest BCUT2D eigenvalue weighted by Gasteiger charge is 2.14. The van der Waals surface area contributed by atoms with E-state index in [4.69, 9.17) is 6.42 Å². The molecule has 0 saturated heterocycles. The molecular formula is C9H6F2O5S2. The van der Waals surface area contributed by atoms with E-state index in [1.54, 1.807) is 0 Å². The molecule has 0 atom stereocenters. The predicted octanol–water partition coefficient (Wildman–Crippen LogP) is 1.06. The van der Waals surface area contributed by atoms with Crippen LogP contribution in [-0.4, -0.2) is 16.8 Å². The maximum absolute atomic E-state index is 12.5. The van der Waals surface area contributed by atoms with Gasteiger partial charge in [0.2, 0.25) is 0 Å². The molecule has 0 bridgehead atoms. The largest absolute Gasteiger partial charge is 0.488 e. The lowest BCUT2D eigenvalue weighted by molar-refractivity contribution is 0.440. The van der Waals surface area contributed by atoms with E-state index in [0.29, 0.717) is 0 Å². The molecule has 1 aromatic rings. The Morgan fingerprint density at radius 1 is 1.17 bits per heavy atom. The first-order chi connectivity index (χ1) is 8.09. The second kappa shape index (κ2) is 4.91. The van der Waals surface area contributed by atoms with Gasteiger partial charge in [-0.15, -0.1) is 10.3 Å². The topological polar surface area (TPSA) is 77.5 Å². The van der Waals surface area contributed by atoms with Crippen LogP contribution in [0.4, 0.5) is 7.77 Å². The predicted molar refractivity (Wildman–Crippen MR) is 58.8 cm³/mol. The number of rotatable bonds is 4. The van der Waals surface area contributed by atoms with E-state index < -0.39 is 32.2 Å². The minimum atomic E-state index is -5.27. The van der Waals surface area contributed by atoms with Crippen molar-refractivity contribution >= 4 is 20.7 Å². The van der Waals surface area contributed by atoms with Crippen molar-refractivity contribution in [2.24, 2.45) is 0 Å². The second-order valence-electron chi connectivity index (χ2n) is 3.17. The third-order valence-electron chi connectivity index (χ3n) is 1.67. The van der Waals surface area contributed by atoms with Gasteiger partial charge < -0.3 is 4.18 Å². The maximum Gasteiger partial charge on any atom is 0.488 e. The highest BCUT2D eigenvalue weighted by Crippen LogP contribution is 2.21. The first kappa shape index (κ1) is 14.4. The molecule has 0 spiro atoms. The van der Waals surface area contributed by atoms with Gasteiger partial charge >= 0.3 is 20.7 Å². The molecule has 0 unspecified atom stereocenters. The van der Waals surface area contributed by atoms with Gasteiger partial charge in [-0.25, -0.2) is 0 Å². The summed E-state index contributed by atoms with van der Waals surface area (Å²) >= 11 is 0. The standard InChI is InChI=1S/C9H6F2O5S2/c1-2-7-3-8(6-17(10,12)13)5-9(4-7)16-18(11,14)15/h1,3-5H,6H2.